The van der Waals surface area contributed by atoms with Gasteiger partial charge in [0.25, 0.3) is 11.8 Å². The third-order valence-corrected chi connectivity index (χ3v) is 9.32. The van der Waals surface area contributed by atoms with E-state index in [4.69, 9.17) is 14.7 Å². The molecule has 14 heteroatoms. The van der Waals surface area contributed by atoms with Gasteiger partial charge in [0, 0.05) is 38.1 Å². The maximum Gasteiger partial charge on any atom is 0.272 e. The monoisotopic (exact) mass is 642 g/mol. The highest BCUT2D eigenvalue weighted by molar-refractivity contribution is 6.00. The number of nitrogens with one attached hydrogen (secondary N) is 3. The van der Waals surface area contributed by atoms with Crippen LogP contribution in [0.3, 0.4) is 0 Å². The summed E-state index contributed by atoms with van der Waals surface area (Å²) >= 11 is 0. The van der Waals surface area contributed by atoms with Gasteiger partial charge in [-0.2, -0.15) is 0 Å². The summed E-state index contributed by atoms with van der Waals surface area (Å²) in [6.45, 7) is 3.60. The number of benzene rings is 1. The summed E-state index contributed by atoms with van der Waals surface area (Å²) in [4.78, 5) is 36.6. The van der Waals surface area contributed by atoms with Crippen molar-refractivity contribution in [2.45, 2.75) is 63.8 Å². The van der Waals surface area contributed by atoms with Gasteiger partial charge in [0.15, 0.2) is 5.82 Å². The summed E-state index contributed by atoms with van der Waals surface area (Å²) < 4.78 is 25.9. The normalized spacial score (nSPS) is 20.6. The van der Waals surface area contributed by atoms with E-state index in [1.807, 2.05) is 30.7 Å². The van der Waals surface area contributed by atoms with Gasteiger partial charge >= 0.3 is 0 Å². The molecule has 2 amide bonds. The van der Waals surface area contributed by atoms with Gasteiger partial charge in [0.05, 0.1) is 41.8 Å². The smallest absolute Gasteiger partial charge is 0.272 e. The maximum absolute atomic E-state index is 14.5. The molecule has 1 saturated heterocycles. The van der Waals surface area contributed by atoms with Crippen LogP contribution in [-0.2, 0) is 27.1 Å². The van der Waals surface area contributed by atoms with Crippen LogP contribution in [0.15, 0.2) is 30.3 Å². The molecule has 3 atom stereocenters. The molecule has 6 heterocycles. The molecule has 246 valence electrons. The van der Waals surface area contributed by atoms with Crippen molar-refractivity contribution < 1.29 is 18.7 Å². The van der Waals surface area contributed by atoms with Crippen molar-refractivity contribution in [1.29, 1.82) is 0 Å². The zero-order valence-electron chi connectivity index (χ0n) is 27.0. The third kappa shape index (κ3) is 5.60. The SMILES string of the molecule is COc1cc(C(=O)N[C@H]2CNCC[C@@H]2F)cc2nc(-c3cc4ccc5nc4n3CCCCCc3nnn(C)c3C(=O)N[C@@H]5C)n(C)c12. The van der Waals surface area contributed by atoms with Crippen molar-refractivity contribution in [2.75, 3.05) is 20.2 Å². The van der Waals surface area contributed by atoms with Crippen molar-refractivity contribution in [1.82, 2.24) is 50.0 Å². The molecule has 5 aromatic rings. The first-order valence-electron chi connectivity index (χ1n) is 16.1. The molecule has 1 fully saturated rings. The van der Waals surface area contributed by atoms with Crippen LogP contribution in [0.4, 0.5) is 4.39 Å². The molecule has 2 bridgehead atoms. The number of methoxy groups -OCH3 is 1. The van der Waals surface area contributed by atoms with Gasteiger partial charge in [-0.15, -0.1) is 5.10 Å². The van der Waals surface area contributed by atoms with Crippen molar-refractivity contribution in [3.63, 3.8) is 0 Å². The Labute approximate surface area is 270 Å². The first-order valence-corrected chi connectivity index (χ1v) is 16.1. The lowest BCUT2D eigenvalue weighted by molar-refractivity contribution is 0.0891. The molecule has 0 aliphatic carbocycles. The zero-order chi connectivity index (χ0) is 32.8. The number of pyridine rings is 1. The highest BCUT2D eigenvalue weighted by atomic mass is 19.1. The van der Waals surface area contributed by atoms with Crippen LogP contribution >= 0.6 is 0 Å². The topological polar surface area (TPSA) is 146 Å². The van der Waals surface area contributed by atoms with E-state index in [2.05, 4.69) is 36.9 Å². The molecule has 47 heavy (non-hydrogen) atoms. The molecule has 7 rings (SSSR count). The standard InChI is InChI=1S/C33H39FN10O3/c1-18-22-10-9-19-15-26(44(30(19)37-22)13-7-5-6-8-23-29(33(46)36-18)43(3)41-40-23)31-38-24-14-20(16-27(47-4)28(24)42(31)2)32(45)39-25-17-35-12-11-21(25)34/h9-10,14-16,18,21,25,35H,5-8,11-13,17H2,1-4H3,(H,36,46)(H,39,45)/t18-,21+,25+/m1/s1. The lowest BCUT2D eigenvalue weighted by atomic mass is 10.0. The predicted molar refractivity (Wildman–Crippen MR) is 174 cm³/mol. The molecular formula is C33H39FN10O3. The van der Waals surface area contributed by atoms with Gasteiger partial charge in [0.1, 0.15) is 28.8 Å². The molecule has 0 radical (unpaired) electrons. The number of piperidine rings is 1. The van der Waals surface area contributed by atoms with E-state index in [9.17, 15) is 14.0 Å². The summed E-state index contributed by atoms with van der Waals surface area (Å²) in [5, 5.41) is 18.4. The maximum atomic E-state index is 14.5. The molecule has 13 nitrogen and oxygen atoms in total. The van der Waals surface area contributed by atoms with Gasteiger partial charge in [0.2, 0.25) is 0 Å². The predicted octanol–water partition coefficient (Wildman–Crippen LogP) is 3.37. The molecule has 4 aromatic heterocycles. The summed E-state index contributed by atoms with van der Waals surface area (Å²) in [6, 6.07) is 8.49. The fourth-order valence-corrected chi connectivity index (χ4v) is 6.77. The van der Waals surface area contributed by atoms with Crippen LogP contribution in [0.5, 0.6) is 5.75 Å². The lowest BCUT2D eigenvalue weighted by Gasteiger charge is -2.27. The Balaban J connectivity index is 1.27. The molecule has 2 aliphatic heterocycles. The molecule has 1 aromatic carbocycles. The first-order chi connectivity index (χ1) is 22.7. The van der Waals surface area contributed by atoms with Crippen LogP contribution in [0, 0.1) is 0 Å². The van der Waals surface area contributed by atoms with E-state index in [1.165, 1.54) is 4.68 Å². The van der Waals surface area contributed by atoms with Crippen LogP contribution in [-0.4, -0.2) is 78.3 Å². The molecule has 0 saturated carbocycles. The van der Waals surface area contributed by atoms with Crippen LogP contribution in [0.1, 0.15) is 70.9 Å². The molecular weight excluding hydrogens is 603 g/mol. The highest BCUT2D eigenvalue weighted by Gasteiger charge is 2.28. The fraction of sp³-hybridized carbons (Fsp3) is 0.455. The Bertz CT molecular complexity index is 2000. The quantitative estimate of drug-likeness (QED) is 0.271. The number of imidazole rings is 1. The first kappa shape index (κ1) is 30.8. The van der Waals surface area contributed by atoms with Crippen LogP contribution in [0.25, 0.3) is 33.6 Å². The second kappa shape index (κ2) is 12.4. The van der Waals surface area contributed by atoms with E-state index in [1.54, 1.807) is 26.3 Å². The molecule has 0 unspecified atom stereocenters. The third-order valence-electron chi connectivity index (χ3n) is 9.32. The number of hydrogen-bond acceptors (Lipinski definition) is 8. The van der Waals surface area contributed by atoms with E-state index < -0.39 is 12.2 Å². The van der Waals surface area contributed by atoms with Crippen molar-refractivity contribution in [3.8, 4) is 17.3 Å². The Morgan fingerprint density at radius 2 is 1.98 bits per heavy atom. The minimum absolute atomic E-state index is 0.225. The van der Waals surface area contributed by atoms with Crippen molar-refractivity contribution >= 4 is 33.9 Å². The Morgan fingerprint density at radius 3 is 2.79 bits per heavy atom. The van der Waals surface area contributed by atoms with E-state index in [-0.39, 0.29) is 17.9 Å². The number of ether oxygens (including phenoxy) is 1. The molecule has 3 N–H and O–H groups in total. The number of aromatic nitrogens is 7. The average Bonchev–Trinajstić information content (AvgIpc) is 3.73. The van der Waals surface area contributed by atoms with Gasteiger partial charge in [-0.3, -0.25) is 9.59 Å². The van der Waals surface area contributed by atoms with Crippen LogP contribution < -0.4 is 20.7 Å². The van der Waals surface area contributed by atoms with Crippen molar-refractivity contribution in [2.24, 2.45) is 14.1 Å². The second-order valence-electron chi connectivity index (χ2n) is 12.5. The number of hydrogen-bond donors (Lipinski definition) is 3. The number of rotatable bonds is 4. The minimum atomic E-state index is -1.10. The number of nitrogens with zero attached hydrogens (tertiary/aromatic N) is 7. The Morgan fingerprint density at radius 1 is 1.13 bits per heavy atom. The summed E-state index contributed by atoms with van der Waals surface area (Å²) in [5.41, 5.74) is 5.28. The molecule has 2 aliphatic rings. The number of carbonyl (C=O) groups excluding carboxylic acids is 2. The number of halogens is 1. The Hall–Kier alpha value is -4.85. The van der Waals surface area contributed by atoms with E-state index in [0.717, 1.165) is 47.2 Å². The number of alkyl halides is 1. The van der Waals surface area contributed by atoms with Gasteiger partial charge in [-0.05, 0) is 69.5 Å². The number of aryl methyl sites for hydroxylation is 4. The second-order valence-corrected chi connectivity index (χ2v) is 12.5. The molecule has 0 spiro atoms. The lowest BCUT2D eigenvalue weighted by Crippen LogP contribution is -2.52. The number of fused-ring (bicyclic) bond motifs is 3. The summed E-state index contributed by atoms with van der Waals surface area (Å²) in [5.74, 6) is 0.597. The number of carbonyl (C=O) groups is 2. The van der Waals surface area contributed by atoms with Crippen molar-refractivity contribution in [3.05, 3.63) is 53.0 Å². The van der Waals surface area contributed by atoms with Gasteiger partial charge in [-0.25, -0.2) is 19.0 Å². The van der Waals surface area contributed by atoms with E-state index in [0.29, 0.717) is 66.5 Å². The Kier molecular flexibility index (Phi) is 8.12. The summed E-state index contributed by atoms with van der Waals surface area (Å²) in [6.07, 6.45) is 2.57. The zero-order valence-corrected chi connectivity index (χ0v) is 27.0. The average molecular weight is 643 g/mol. The van der Waals surface area contributed by atoms with Gasteiger partial charge in [-0.1, -0.05) is 11.6 Å². The van der Waals surface area contributed by atoms with Crippen LogP contribution in [0.2, 0.25) is 0 Å². The van der Waals surface area contributed by atoms with Gasteiger partial charge < -0.3 is 29.8 Å². The highest BCUT2D eigenvalue weighted by Crippen LogP contribution is 2.35. The largest absolute Gasteiger partial charge is 0.494 e. The minimum Gasteiger partial charge on any atom is -0.494 e. The number of amides is 2. The van der Waals surface area contributed by atoms with E-state index >= 15 is 0 Å². The summed E-state index contributed by atoms with van der Waals surface area (Å²) in [7, 11) is 5.23. The fourth-order valence-electron chi connectivity index (χ4n) is 6.77.